The molecule has 2 unspecified atom stereocenters. The second-order valence-corrected chi connectivity index (χ2v) is 3.87. The summed E-state index contributed by atoms with van der Waals surface area (Å²) in [5.41, 5.74) is 0.131. The molecule has 0 aliphatic rings. The summed E-state index contributed by atoms with van der Waals surface area (Å²) < 4.78 is 9.19. The molecule has 0 spiro atoms. The van der Waals surface area contributed by atoms with Gasteiger partial charge in [-0.15, -0.1) is 6.58 Å². The highest BCUT2D eigenvalue weighted by atomic mass is 16.5. The van der Waals surface area contributed by atoms with Gasteiger partial charge in [0.1, 0.15) is 5.78 Å². The SMILES string of the molecule is C=CCN=C(C(C)C(=O)OC)C(C(C)=O)C(=O)OC. The van der Waals surface area contributed by atoms with Crippen LogP contribution in [0.25, 0.3) is 0 Å². The Balaban J connectivity index is 5.54. The first-order valence-corrected chi connectivity index (χ1v) is 5.71. The van der Waals surface area contributed by atoms with Gasteiger partial charge in [-0.2, -0.15) is 0 Å². The largest absolute Gasteiger partial charge is 0.469 e. The van der Waals surface area contributed by atoms with E-state index >= 15 is 0 Å². The summed E-state index contributed by atoms with van der Waals surface area (Å²) >= 11 is 0. The van der Waals surface area contributed by atoms with E-state index in [1.54, 1.807) is 0 Å². The molecule has 0 radical (unpaired) electrons. The van der Waals surface area contributed by atoms with Crippen molar-refractivity contribution in [3.63, 3.8) is 0 Å². The summed E-state index contributed by atoms with van der Waals surface area (Å²) in [6.45, 7) is 6.46. The fraction of sp³-hybridized carbons (Fsp3) is 0.538. The van der Waals surface area contributed by atoms with Crippen LogP contribution in [-0.2, 0) is 23.9 Å². The molecule has 0 aromatic heterocycles. The minimum atomic E-state index is -1.20. The van der Waals surface area contributed by atoms with Crippen LogP contribution in [0.5, 0.6) is 0 Å². The monoisotopic (exact) mass is 269 g/mol. The van der Waals surface area contributed by atoms with Crippen molar-refractivity contribution in [3.05, 3.63) is 12.7 Å². The zero-order valence-electron chi connectivity index (χ0n) is 11.6. The number of aliphatic imine (C=N–C) groups is 1. The normalized spacial score (nSPS) is 14.2. The lowest BCUT2D eigenvalue weighted by molar-refractivity contribution is -0.146. The first-order valence-electron chi connectivity index (χ1n) is 5.71. The molecule has 0 fully saturated rings. The Morgan fingerprint density at radius 2 is 1.74 bits per heavy atom. The van der Waals surface area contributed by atoms with Gasteiger partial charge in [-0.05, 0) is 13.8 Å². The number of esters is 2. The number of carbonyl (C=O) groups excluding carboxylic acids is 3. The smallest absolute Gasteiger partial charge is 0.322 e. The molecule has 6 heteroatoms. The Hall–Kier alpha value is -1.98. The van der Waals surface area contributed by atoms with E-state index in [0.29, 0.717) is 0 Å². The third-order valence-electron chi connectivity index (χ3n) is 2.54. The maximum atomic E-state index is 11.7. The van der Waals surface area contributed by atoms with E-state index in [2.05, 4.69) is 21.0 Å². The highest BCUT2D eigenvalue weighted by Gasteiger charge is 2.35. The van der Waals surface area contributed by atoms with Gasteiger partial charge >= 0.3 is 11.9 Å². The molecule has 6 nitrogen and oxygen atoms in total. The zero-order chi connectivity index (χ0) is 15.0. The summed E-state index contributed by atoms with van der Waals surface area (Å²) in [5, 5.41) is 0. The molecule has 0 amide bonds. The number of ether oxygens (including phenoxy) is 2. The maximum absolute atomic E-state index is 11.7. The Labute approximate surface area is 112 Å². The van der Waals surface area contributed by atoms with Gasteiger partial charge in [0.05, 0.1) is 26.7 Å². The predicted octanol–water partition coefficient (Wildman–Crippen LogP) is 0.801. The molecular formula is C13H19NO5. The van der Waals surface area contributed by atoms with Gasteiger partial charge in [-0.3, -0.25) is 19.4 Å². The number of rotatable bonds is 7. The van der Waals surface area contributed by atoms with Crippen molar-refractivity contribution in [2.24, 2.45) is 16.8 Å². The van der Waals surface area contributed by atoms with Crippen molar-refractivity contribution >= 4 is 23.4 Å². The topological polar surface area (TPSA) is 82.0 Å². The lowest BCUT2D eigenvalue weighted by atomic mass is 9.90. The van der Waals surface area contributed by atoms with Crippen LogP contribution in [0.4, 0.5) is 0 Å². The van der Waals surface area contributed by atoms with E-state index in [1.165, 1.54) is 34.1 Å². The molecule has 106 valence electrons. The quantitative estimate of drug-likeness (QED) is 0.295. The van der Waals surface area contributed by atoms with E-state index in [-0.39, 0.29) is 12.3 Å². The van der Waals surface area contributed by atoms with Crippen molar-refractivity contribution in [1.29, 1.82) is 0 Å². The van der Waals surface area contributed by atoms with E-state index in [9.17, 15) is 14.4 Å². The molecule has 0 aliphatic carbocycles. The van der Waals surface area contributed by atoms with Crippen LogP contribution in [0.1, 0.15) is 13.8 Å². The third-order valence-corrected chi connectivity index (χ3v) is 2.54. The molecule has 19 heavy (non-hydrogen) atoms. The lowest BCUT2D eigenvalue weighted by Gasteiger charge is -2.18. The molecule has 0 aromatic rings. The number of methoxy groups -OCH3 is 2. The minimum Gasteiger partial charge on any atom is -0.469 e. The Morgan fingerprint density at radius 1 is 1.21 bits per heavy atom. The van der Waals surface area contributed by atoms with Crippen LogP contribution >= 0.6 is 0 Å². The van der Waals surface area contributed by atoms with Gasteiger partial charge in [0.25, 0.3) is 0 Å². The summed E-state index contributed by atoms with van der Waals surface area (Å²) in [4.78, 5) is 38.9. The number of Topliss-reactive ketones (excluding diaryl/α,β-unsaturated/α-hetero) is 1. The van der Waals surface area contributed by atoms with Crippen LogP contribution in [0, 0.1) is 11.8 Å². The van der Waals surface area contributed by atoms with Crippen LogP contribution in [0.2, 0.25) is 0 Å². The molecule has 0 heterocycles. The van der Waals surface area contributed by atoms with Gasteiger partial charge in [0.15, 0.2) is 5.92 Å². The molecule has 0 N–H and O–H groups in total. The van der Waals surface area contributed by atoms with Crippen molar-refractivity contribution in [2.75, 3.05) is 20.8 Å². The molecule has 0 bridgehead atoms. The van der Waals surface area contributed by atoms with Crippen molar-refractivity contribution in [2.45, 2.75) is 13.8 Å². The molecular weight excluding hydrogens is 250 g/mol. The molecule has 0 aromatic carbocycles. The van der Waals surface area contributed by atoms with Gasteiger partial charge in [0, 0.05) is 5.71 Å². The van der Waals surface area contributed by atoms with Crippen molar-refractivity contribution < 1.29 is 23.9 Å². The Kier molecular flexibility index (Phi) is 7.33. The molecule has 2 atom stereocenters. The number of hydrogen-bond donors (Lipinski definition) is 0. The fourth-order valence-corrected chi connectivity index (χ4v) is 1.56. The van der Waals surface area contributed by atoms with Crippen LogP contribution in [0.15, 0.2) is 17.6 Å². The molecule has 0 saturated heterocycles. The van der Waals surface area contributed by atoms with Crippen LogP contribution in [0.3, 0.4) is 0 Å². The van der Waals surface area contributed by atoms with E-state index in [0.717, 1.165) is 0 Å². The Bertz CT molecular complexity index is 400. The number of carbonyl (C=O) groups is 3. The summed E-state index contributed by atoms with van der Waals surface area (Å²) in [7, 11) is 2.40. The lowest BCUT2D eigenvalue weighted by Crippen LogP contribution is -2.38. The van der Waals surface area contributed by atoms with Crippen LogP contribution in [-0.4, -0.2) is 44.2 Å². The highest BCUT2D eigenvalue weighted by molar-refractivity contribution is 6.22. The summed E-state index contributed by atoms with van der Waals surface area (Å²) in [5.74, 6) is -3.76. The van der Waals surface area contributed by atoms with E-state index in [4.69, 9.17) is 0 Å². The maximum Gasteiger partial charge on any atom is 0.322 e. The average Bonchev–Trinajstić information content (AvgIpc) is 2.40. The second kappa shape index (κ2) is 8.18. The van der Waals surface area contributed by atoms with Gasteiger partial charge in [-0.1, -0.05) is 6.08 Å². The van der Waals surface area contributed by atoms with Gasteiger partial charge in [-0.25, -0.2) is 0 Å². The summed E-state index contributed by atoms with van der Waals surface area (Å²) in [6, 6.07) is 0. The zero-order valence-corrected chi connectivity index (χ0v) is 11.6. The van der Waals surface area contributed by atoms with Crippen LogP contribution < -0.4 is 0 Å². The fourth-order valence-electron chi connectivity index (χ4n) is 1.56. The second-order valence-electron chi connectivity index (χ2n) is 3.87. The minimum absolute atomic E-state index is 0.131. The van der Waals surface area contributed by atoms with Gasteiger partial charge in [0.2, 0.25) is 0 Å². The number of ketones is 1. The van der Waals surface area contributed by atoms with Crippen molar-refractivity contribution in [3.8, 4) is 0 Å². The molecule has 0 aliphatic heterocycles. The first-order chi connectivity index (χ1) is 8.90. The molecule has 0 saturated carbocycles. The van der Waals surface area contributed by atoms with Gasteiger partial charge < -0.3 is 9.47 Å². The Morgan fingerprint density at radius 3 is 2.11 bits per heavy atom. The average molecular weight is 269 g/mol. The van der Waals surface area contributed by atoms with E-state index < -0.39 is 29.6 Å². The third kappa shape index (κ3) is 4.65. The van der Waals surface area contributed by atoms with Crippen molar-refractivity contribution in [1.82, 2.24) is 0 Å². The van der Waals surface area contributed by atoms with E-state index in [1.807, 2.05) is 0 Å². The standard InChI is InChI=1S/C13H19NO5/c1-6-7-14-11(8(2)12(16)18-4)10(9(3)15)13(17)19-5/h6,8,10H,1,7H2,2-5H3. The highest BCUT2D eigenvalue weighted by Crippen LogP contribution is 2.15. The number of hydrogen-bond acceptors (Lipinski definition) is 6. The number of nitrogens with zero attached hydrogens (tertiary/aromatic N) is 1. The molecule has 0 rings (SSSR count). The first kappa shape index (κ1) is 17.0. The summed E-state index contributed by atoms with van der Waals surface area (Å²) in [6.07, 6.45) is 1.50. The predicted molar refractivity (Wildman–Crippen MR) is 69.9 cm³/mol.